The molecule has 1 saturated carbocycles. The average Bonchev–Trinajstić information content (AvgIpc) is 2.88. The van der Waals surface area contributed by atoms with Crippen LogP contribution in [0.1, 0.15) is 46.0 Å². The lowest BCUT2D eigenvalue weighted by Gasteiger charge is -2.32. The van der Waals surface area contributed by atoms with Gasteiger partial charge in [-0.05, 0) is 32.7 Å². The van der Waals surface area contributed by atoms with E-state index in [2.05, 4.69) is 25.8 Å². The molecule has 0 aliphatic heterocycles. The van der Waals surface area contributed by atoms with Crippen molar-refractivity contribution in [2.75, 3.05) is 7.05 Å². The Labute approximate surface area is 82.5 Å². The van der Waals surface area contributed by atoms with Gasteiger partial charge in [-0.2, -0.15) is 0 Å². The summed E-state index contributed by atoms with van der Waals surface area (Å²) < 4.78 is 0. The minimum atomic E-state index is 0.376. The predicted octanol–water partition coefficient (Wildman–Crippen LogP) is 1.99. The van der Waals surface area contributed by atoms with E-state index in [0.717, 1.165) is 12.5 Å². The highest BCUT2D eigenvalue weighted by atomic mass is 15.2. The van der Waals surface area contributed by atoms with E-state index < -0.39 is 0 Å². The largest absolute Gasteiger partial charge is 0.326 e. The van der Waals surface area contributed by atoms with Crippen LogP contribution in [-0.2, 0) is 0 Å². The monoisotopic (exact) mass is 184 g/mol. The molecule has 0 spiro atoms. The lowest BCUT2D eigenvalue weighted by Crippen LogP contribution is -2.46. The maximum atomic E-state index is 6.16. The van der Waals surface area contributed by atoms with Gasteiger partial charge < -0.3 is 5.73 Å². The molecule has 2 heteroatoms. The molecule has 1 fully saturated rings. The van der Waals surface area contributed by atoms with Gasteiger partial charge in [0.15, 0.2) is 0 Å². The van der Waals surface area contributed by atoms with Crippen LogP contribution in [0, 0.1) is 0 Å². The molecule has 2 atom stereocenters. The number of rotatable bonds is 6. The van der Waals surface area contributed by atoms with Crippen molar-refractivity contribution in [3.05, 3.63) is 0 Å². The minimum Gasteiger partial charge on any atom is -0.326 e. The summed E-state index contributed by atoms with van der Waals surface area (Å²) >= 11 is 0. The van der Waals surface area contributed by atoms with Crippen LogP contribution < -0.4 is 5.73 Å². The highest BCUT2D eigenvalue weighted by molar-refractivity contribution is 4.90. The van der Waals surface area contributed by atoms with E-state index in [-0.39, 0.29) is 0 Å². The number of nitrogens with zero attached hydrogens (tertiary/aromatic N) is 1. The number of hydrogen-bond donors (Lipinski definition) is 1. The molecule has 0 aromatic heterocycles. The van der Waals surface area contributed by atoms with E-state index in [4.69, 9.17) is 5.73 Å². The van der Waals surface area contributed by atoms with Gasteiger partial charge in [-0.25, -0.2) is 0 Å². The molecule has 0 saturated heterocycles. The van der Waals surface area contributed by atoms with Crippen molar-refractivity contribution in [1.29, 1.82) is 0 Å². The second-order valence-corrected chi connectivity index (χ2v) is 4.32. The highest BCUT2D eigenvalue weighted by Crippen LogP contribution is 2.28. The van der Waals surface area contributed by atoms with Crippen molar-refractivity contribution < 1.29 is 0 Å². The summed E-state index contributed by atoms with van der Waals surface area (Å²) in [5.74, 6) is 0. The van der Waals surface area contributed by atoms with Gasteiger partial charge in [-0.1, -0.05) is 20.3 Å². The molecule has 78 valence electrons. The van der Waals surface area contributed by atoms with Crippen LogP contribution in [0.25, 0.3) is 0 Å². The van der Waals surface area contributed by atoms with Crippen molar-refractivity contribution in [2.45, 2.75) is 64.1 Å². The molecule has 2 nitrogen and oxygen atoms in total. The van der Waals surface area contributed by atoms with Crippen molar-refractivity contribution in [2.24, 2.45) is 5.73 Å². The third kappa shape index (κ3) is 2.96. The number of hydrogen-bond acceptors (Lipinski definition) is 2. The lowest BCUT2D eigenvalue weighted by molar-refractivity contribution is 0.190. The van der Waals surface area contributed by atoms with Crippen LogP contribution in [0.4, 0.5) is 0 Å². The lowest BCUT2D eigenvalue weighted by atomic mass is 10.0. The third-order valence-electron chi connectivity index (χ3n) is 3.18. The van der Waals surface area contributed by atoms with E-state index in [1.54, 1.807) is 0 Å². The first kappa shape index (κ1) is 11.0. The zero-order chi connectivity index (χ0) is 9.84. The molecule has 13 heavy (non-hydrogen) atoms. The Balaban J connectivity index is 2.39. The smallest absolute Gasteiger partial charge is 0.0244 e. The van der Waals surface area contributed by atoms with Crippen LogP contribution in [0.15, 0.2) is 0 Å². The standard InChI is InChI=1S/C11H24N2/c1-4-6-10(12)11(5-2)13(3)9-7-8-9/h9-11H,4-8,12H2,1-3H3. The molecule has 1 rings (SSSR count). The fourth-order valence-corrected chi connectivity index (χ4v) is 2.17. The van der Waals surface area contributed by atoms with E-state index in [0.29, 0.717) is 12.1 Å². The highest BCUT2D eigenvalue weighted by Gasteiger charge is 2.32. The van der Waals surface area contributed by atoms with Gasteiger partial charge in [0.05, 0.1) is 0 Å². The van der Waals surface area contributed by atoms with E-state index >= 15 is 0 Å². The van der Waals surface area contributed by atoms with Gasteiger partial charge in [0.2, 0.25) is 0 Å². The molecule has 1 aliphatic rings. The van der Waals surface area contributed by atoms with Gasteiger partial charge in [0.1, 0.15) is 0 Å². The first-order valence-corrected chi connectivity index (χ1v) is 5.68. The maximum absolute atomic E-state index is 6.16. The van der Waals surface area contributed by atoms with E-state index in [1.807, 2.05) is 0 Å². The summed E-state index contributed by atoms with van der Waals surface area (Å²) in [7, 11) is 2.24. The Morgan fingerprint density at radius 2 is 2.00 bits per heavy atom. The first-order chi connectivity index (χ1) is 6.20. The third-order valence-corrected chi connectivity index (χ3v) is 3.18. The molecular formula is C11H24N2. The topological polar surface area (TPSA) is 29.3 Å². The Bertz CT molecular complexity index is 143. The van der Waals surface area contributed by atoms with E-state index in [9.17, 15) is 0 Å². The SMILES string of the molecule is CCCC(N)C(CC)N(C)C1CC1. The normalized spacial score (nSPS) is 21.9. The van der Waals surface area contributed by atoms with Crippen molar-refractivity contribution >= 4 is 0 Å². The zero-order valence-electron chi connectivity index (χ0n) is 9.29. The molecule has 0 radical (unpaired) electrons. The van der Waals surface area contributed by atoms with Crippen LogP contribution in [0.3, 0.4) is 0 Å². The molecule has 0 amide bonds. The van der Waals surface area contributed by atoms with Gasteiger partial charge >= 0.3 is 0 Å². The summed E-state index contributed by atoms with van der Waals surface area (Å²) in [6, 6.07) is 1.82. The summed E-state index contributed by atoms with van der Waals surface area (Å²) in [6.45, 7) is 4.46. The number of likely N-dealkylation sites (N-methyl/N-ethyl adjacent to an activating group) is 1. The Morgan fingerprint density at radius 3 is 2.38 bits per heavy atom. The molecular weight excluding hydrogens is 160 g/mol. The van der Waals surface area contributed by atoms with Crippen LogP contribution in [0.2, 0.25) is 0 Å². The van der Waals surface area contributed by atoms with Gasteiger partial charge in [0, 0.05) is 18.1 Å². The van der Waals surface area contributed by atoms with Gasteiger partial charge in [-0.15, -0.1) is 0 Å². The molecule has 0 bridgehead atoms. The summed E-state index contributed by atoms with van der Waals surface area (Å²) in [5.41, 5.74) is 6.16. The van der Waals surface area contributed by atoms with Crippen LogP contribution in [-0.4, -0.2) is 30.1 Å². The second kappa shape index (κ2) is 4.97. The summed E-state index contributed by atoms with van der Waals surface area (Å²) in [6.07, 6.45) is 6.32. The molecule has 0 aromatic rings. The Morgan fingerprint density at radius 1 is 1.38 bits per heavy atom. The Kier molecular flexibility index (Phi) is 4.20. The fourth-order valence-electron chi connectivity index (χ4n) is 2.17. The van der Waals surface area contributed by atoms with Crippen LogP contribution >= 0.6 is 0 Å². The van der Waals surface area contributed by atoms with Crippen LogP contribution in [0.5, 0.6) is 0 Å². The molecule has 0 aromatic carbocycles. The number of nitrogens with two attached hydrogens (primary N) is 1. The van der Waals surface area contributed by atoms with E-state index in [1.165, 1.54) is 25.7 Å². The quantitative estimate of drug-likeness (QED) is 0.684. The summed E-state index contributed by atoms with van der Waals surface area (Å²) in [4.78, 5) is 2.50. The van der Waals surface area contributed by atoms with Gasteiger partial charge in [0.25, 0.3) is 0 Å². The second-order valence-electron chi connectivity index (χ2n) is 4.32. The molecule has 2 N–H and O–H groups in total. The van der Waals surface area contributed by atoms with Crippen molar-refractivity contribution in [1.82, 2.24) is 4.90 Å². The minimum absolute atomic E-state index is 0.376. The Hall–Kier alpha value is -0.0800. The fraction of sp³-hybridized carbons (Fsp3) is 1.00. The van der Waals surface area contributed by atoms with Gasteiger partial charge in [-0.3, -0.25) is 4.90 Å². The molecule has 0 heterocycles. The van der Waals surface area contributed by atoms with Crippen molar-refractivity contribution in [3.8, 4) is 0 Å². The van der Waals surface area contributed by atoms with Crippen molar-refractivity contribution in [3.63, 3.8) is 0 Å². The maximum Gasteiger partial charge on any atom is 0.0244 e. The molecule has 1 aliphatic carbocycles. The summed E-state index contributed by atoms with van der Waals surface area (Å²) in [5, 5.41) is 0. The average molecular weight is 184 g/mol. The first-order valence-electron chi connectivity index (χ1n) is 5.68. The molecule has 2 unspecified atom stereocenters. The predicted molar refractivity (Wildman–Crippen MR) is 57.7 cm³/mol. The zero-order valence-corrected chi connectivity index (χ0v) is 9.29.